The maximum Gasteiger partial charge on any atom is 0.226 e. The first-order valence-electron chi connectivity index (χ1n) is 7.96. The summed E-state index contributed by atoms with van der Waals surface area (Å²) in [6.45, 7) is 4.06. The van der Waals surface area contributed by atoms with Crippen LogP contribution in [0.1, 0.15) is 25.0 Å². The Labute approximate surface area is 157 Å². The van der Waals surface area contributed by atoms with Gasteiger partial charge in [0.2, 0.25) is 11.8 Å². The van der Waals surface area contributed by atoms with Crippen LogP contribution in [0.2, 0.25) is 10.0 Å². The Morgan fingerprint density at radius 3 is 2.16 bits per heavy atom. The fourth-order valence-electron chi connectivity index (χ4n) is 2.12. The van der Waals surface area contributed by atoms with Gasteiger partial charge in [-0.05, 0) is 35.4 Å². The molecule has 2 aromatic carbocycles. The van der Waals surface area contributed by atoms with Crippen molar-refractivity contribution in [3.05, 3.63) is 63.6 Å². The van der Waals surface area contributed by atoms with Gasteiger partial charge in [0, 0.05) is 28.2 Å². The van der Waals surface area contributed by atoms with Crippen LogP contribution in [0.5, 0.6) is 0 Å². The number of carbonyl (C=O) groups excluding carboxylic acids is 2. The van der Waals surface area contributed by atoms with Crippen LogP contribution in [-0.2, 0) is 22.6 Å². The third-order valence-corrected chi connectivity index (χ3v) is 4.34. The molecule has 2 aromatic rings. The van der Waals surface area contributed by atoms with Crippen LogP contribution >= 0.6 is 23.2 Å². The van der Waals surface area contributed by atoms with Crippen LogP contribution in [0.3, 0.4) is 0 Å². The van der Waals surface area contributed by atoms with E-state index >= 15 is 0 Å². The summed E-state index contributed by atoms with van der Waals surface area (Å²) in [5, 5.41) is 6.62. The molecule has 0 unspecified atom stereocenters. The Kier molecular flexibility index (Phi) is 6.85. The zero-order valence-corrected chi connectivity index (χ0v) is 15.6. The van der Waals surface area contributed by atoms with Crippen molar-refractivity contribution in [1.29, 1.82) is 0 Å². The second kappa shape index (κ2) is 8.88. The minimum atomic E-state index is -0.160. The lowest BCUT2D eigenvalue weighted by Gasteiger charge is -2.10. The lowest BCUT2D eigenvalue weighted by atomic mass is 10.1. The van der Waals surface area contributed by atoms with Crippen LogP contribution in [-0.4, -0.2) is 11.8 Å². The molecule has 0 saturated heterocycles. The van der Waals surface area contributed by atoms with Crippen molar-refractivity contribution >= 4 is 40.7 Å². The normalized spacial score (nSPS) is 10.6. The molecule has 4 nitrogen and oxygen atoms in total. The van der Waals surface area contributed by atoms with Gasteiger partial charge in [-0.2, -0.15) is 0 Å². The quantitative estimate of drug-likeness (QED) is 0.779. The summed E-state index contributed by atoms with van der Waals surface area (Å²) < 4.78 is 0. The summed E-state index contributed by atoms with van der Waals surface area (Å²) in [5.41, 5.74) is 2.29. The number of hydrogen-bond donors (Lipinski definition) is 2. The number of nitrogens with one attached hydrogen (secondary N) is 2. The lowest BCUT2D eigenvalue weighted by molar-refractivity contribution is -0.120. The molecule has 2 rings (SSSR count). The van der Waals surface area contributed by atoms with E-state index < -0.39 is 0 Å². The average molecular weight is 379 g/mol. The maximum atomic E-state index is 12.1. The molecule has 0 heterocycles. The van der Waals surface area contributed by atoms with Crippen LogP contribution in [0.4, 0.5) is 5.69 Å². The van der Waals surface area contributed by atoms with Crippen LogP contribution < -0.4 is 10.6 Å². The topological polar surface area (TPSA) is 58.2 Å². The van der Waals surface area contributed by atoms with E-state index in [1.54, 1.807) is 18.2 Å². The van der Waals surface area contributed by atoms with Gasteiger partial charge in [-0.1, -0.05) is 55.2 Å². The van der Waals surface area contributed by atoms with Crippen LogP contribution in [0, 0.1) is 5.92 Å². The largest absolute Gasteiger partial charge is 0.352 e. The Hall–Kier alpha value is -2.04. The van der Waals surface area contributed by atoms with Gasteiger partial charge in [0.1, 0.15) is 0 Å². The highest BCUT2D eigenvalue weighted by Crippen LogP contribution is 2.24. The molecule has 0 radical (unpaired) electrons. The second-order valence-electron chi connectivity index (χ2n) is 5.99. The minimum Gasteiger partial charge on any atom is -0.352 e. The van der Waals surface area contributed by atoms with Gasteiger partial charge in [0.05, 0.1) is 6.42 Å². The molecule has 0 fully saturated rings. The number of anilines is 1. The number of amides is 2. The van der Waals surface area contributed by atoms with Crippen molar-refractivity contribution in [3.8, 4) is 0 Å². The number of benzene rings is 2. The Bertz CT molecular complexity index is 738. The summed E-state index contributed by atoms with van der Waals surface area (Å²) in [4.78, 5) is 23.7. The molecule has 0 saturated carbocycles. The van der Waals surface area contributed by atoms with Crippen molar-refractivity contribution in [2.45, 2.75) is 26.8 Å². The zero-order chi connectivity index (χ0) is 18.4. The third kappa shape index (κ3) is 5.76. The number of halogens is 2. The zero-order valence-electron chi connectivity index (χ0n) is 14.1. The first-order chi connectivity index (χ1) is 11.9. The van der Waals surface area contributed by atoms with Gasteiger partial charge in [0.25, 0.3) is 0 Å². The van der Waals surface area contributed by atoms with Crippen LogP contribution in [0.15, 0.2) is 42.5 Å². The van der Waals surface area contributed by atoms with Gasteiger partial charge < -0.3 is 10.6 Å². The molecule has 0 aromatic heterocycles. The summed E-state index contributed by atoms with van der Waals surface area (Å²) in [6.07, 6.45) is 0.126. The van der Waals surface area contributed by atoms with Crippen molar-refractivity contribution in [3.63, 3.8) is 0 Å². The first kappa shape index (κ1) is 19.3. The molecule has 0 aliphatic rings. The summed E-state index contributed by atoms with van der Waals surface area (Å²) >= 11 is 12.1. The highest BCUT2D eigenvalue weighted by molar-refractivity contribution is 6.36. The molecule has 6 heteroatoms. The van der Waals surface area contributed by atoms with Crippen molar-refractivity contribution in [2.24, 2.45) is 5.92 Å². The summed E-state index contributed by atoms with van der Waals surface area (Å²) in [5.74, 6) is -0.263. The van der Waals surface area contributed by atoms with Crippen molar-refractivity contribution in [1.82, 2.24) is 5.32 Å². The van der Waals surface area contributed by atoms with E-state index in [1.165, 1.54) is 0 Å². The lowest BCUT2D eigenvalue weighted by Crippen LogP contribution is -2.24. The van der Waals surface area contributed by atoms with Crippen molar-refractivity contribution < 1.29 is 9.59 Å². The molecule has 0 bridgehead atoms. The van der Waals surface area contributed by atoms with Gasteiger partial charge in [0.15, 0.2) is 0 Å². The third-order valence-electron chi connectivity index (χ3n) is 3.63. The highest BCUT2D eigenvalue weighted by Gasteiger charge is 2.11. The SMILES string of the molecule is CC(C)C(=O)Nc1ccc(CNC(=O)Cc2c(Cl)cccc2Cl)cc1. The van der Waals surface area contributed by atoms with E-state index in [4.69, 9.17) is 23.2 Å². The van der Waals surface area contributed by atoms with E-state index in [1.807, 2.05) is 38.1 Å². The fraction of sp³-hybridized carbons (Fsp3) is 0.263. The number of hydrogen-bond acceptors (Lipinski definition) is 2. The molecule has 0 aliphatic carbocycles. The molecule has 132 valence electrons. The molecule has 0 atom stereocenters. The summed E-state index contributed by atoms with van der Waals surface area (Å²) in [6, 6.07) is 12.5. The smallest absolute Gasteiger partial charge is 0.226 e. The Morgan fingerprint density at radius 2 is 1.60 bits per heavy atom. The standard InChI is InChI=1S/C19H20Cl2N2O2/c1-12(2)19(25)23-14-8-6-13(7-9-14)11-22-18(24)10-15-16(20)4-3-5-17(15)21/h3-9,12H,10-11H2,1-2H3,(H,22,24)(H,23,25). The predicted octanol–water partition coefficient (Wildman–Crippen LogP) is 4.45. The Morgan fingerprint density at radius 1 is 1.00 bits per heavy atom. The highest BCUT2D eigenvalue weighted by atomic mass is 35.5. The molecular formula is C19H20Cl2N2O2. The predicted molar refractivity (Wildman–Crippen MR) is 102 cm³/mol. The molecule has 2 N–H and O–H groups in total. The van der Waals surface area contributed by atoms with Crippen LogP contribution in [0.25, 0.3) is 0 Å². The average Bonchev–Trinajstić information content (AvgIpc) is 2.57. The number of rotatable bonds is 6. The molecule has 0 aliphatic heterocycles. The molecule has 25 heavy (non-hydrogen) atoms. The van der Waals surface area contributed by atoms with Gasteiger partial charge in [-0.15, -0.1) is 0 Å². The van der Waals surface area contributed by atoms with E-state index in [9.17, 15) is 9.59 Å². The van der Waals surface area contributed by atoms with E-state index in [2.05, 4.69) is 10.6 Å². The van der Waals surface area contributed by atoms with Gasteiger partial charge >= 0.3 is 0 Å². The van der Waals surface area contributed by atoms with Gasteiger partial charge in [-0.25, -0.2) is 0 Å². The molecule has 0 spiro atoms. The van der Waals surface area contributed by atoms with Crippen molar-refractivity contribution in [2.75, 3.05) is 5.32 Å². The van der Waals surface area contributed by atoms with E-state index in [-0.39, 0.29) is 24.2 Å². The molecular weight excluding hydrogens is 359 g/mol. The van der Waals surface area contributed by atoms with Gasteiger partial charge in [-0.3, -0.25) is 9.59 Å². The molecule has 2 amide bonds. The number of carbonyl (C=O) groups is 2. The maximum absolute atomic E-state index is 12.1. The Balaban J connectivity index is 1.88. The van der Waals surface area contributed by atoms with E-state index in [0.29, 0.717) is 22.2 Å². The fourth-order valence-corrected chi connectivity index (χ4v) is 2.65. The monoisotopic (exact) mass is 378 g/mol. The first-order valence-corrected chi connectivity index (χ1v) is 8.72. The summed E-state index contributed by atoms with van der Waals surface area (Å²) in [7, 11) is 0. The van der Waals surface area contributed by atoms with E-state index in [0.717, 1.165) is 11.3 Å². The second-order valence-corrected chi connectivity index (χ2v) is 6.81. The minimum absolute atomic E-state index is 0.0299.